The van der Waals surface area contributed by atoms with Crippen LogP contribution in [0.25, 0.3) is 0 Å². The Balaban J connectivity index is 1.30. The molecule has 1 amide bonds. The highest BCUT2D eigenvalue weighted by Gasteiger charge is 2.33. The first-order valence-corrected chi connectivity index (χ1v) is 10.2. The lowest BCUT2D eigenvalue weighted by Crippen LogP contribution is -2.50. The number of methoxy groups -OCH3 is 1. The molecule has 4 rings (SSSR count). The van der Waals surface area contributed by atoms with Crippen molar-refractivity contribution >= 4 is 11.6 Å². The van der Waals surface area contributed by atoms with E-state index in [2.05, 4.69) is 45.0 Å². The van der Waals surface area contributed by atoms with Gasteiger partial charge in [-0.25, -0.2) is 0 Å². The Morgan fingerprint density at radius 3 is 2.43 bits per heavy atom. The van der Waals surface area contributed by atoms with Gasteiger partial charge in [0.05, 0.1) is 18.7 Å². The predicted octanol–water partition coefficient (Wildman–Crippen LogP) is 2.87. The van der Waals surface area contributed by atoms with Gasteiger partial charge < -0.3 is 14.5 Å². The number of amides is 1. The molecule has 2 aromatic carbocycles. The van der Waals surface area contributed by atoms with Gasteiger partial charge in [-0.3, -0.25) is 9.69 Å². The van der Waals surface area contributed by atoms with Crippen LogP contribution in [0.1, 0.15) is 12.0 Å². The normalized spacial score (nSPS) is 20.4. The summed E-state index contributed by atoms with van der Waals surface area (Å²) in [6.07, 6.45) is 0.971. The first kappa shape index (κ1) is 18.8. The standard InChI is InChI=1S/C23H29N3O2/c1-28-22-10-6-5-9-21(22)25-13-15-26(16-14-25)23(27)20-11-12-24(18-20)17-19-7-3-2-4-8-19/h2-10,20H,11-18H2,1H3. The summed E-state index contributed by atoms with van der Waals surface area (Å²) < 4.78 is 5.49. The molecule has 0 aromatic heterocycles. The number of para-hydroxylation sites is 2. The summed E-state index contributed by atoms with van der Waals surface area (Å²) in [4.78, 5) is 19.8. The second-order valence-electron chi connectivity index (χ2n) is 7.69. The third kappa shape index (κ3) is 4.14. The van der Waals surface area contributed by atoms with Gasteiger partial charge in [-0.2, -0.15) is 0 Å². The number of piperazine rings is 1. The maximum atomic E-state index is 13.0. The fraction of sp³-hybridized carbons (Fsp3) is 0.435. The third-order valence-corrected chi connectivity index (χ3v) is 5.89. The number of likely N-dealkylation sites (tertiary alicyclic amines) is 1. The second kappa shape index (κ2) is 8.65. The van der Waals surface area contributed by atoms with Crippen LogP contribution in [0, 0.1) is 5.92 Å². The Morgan fingerprint density at radius 1 is 0.964 bits per heavy atom. The molecule has 0 bridgehead atoms. The molecule has 2 heterocycles. The van der Waals surface area contributed by atoms with Crippen LogP contribution in [-0.2, 0) is 11.3 Å². The minimum absolute atomic E-state index is 0.140. The third-order valence-electron chi connectivity index (χ3n) is 5.89. The highest BCUT2D eigenvalue weighted by Crippen LogP contribution is 2.29. The number of carbonyl (C=O) groups is 1. The van der Waals surface area contributed by atoms with Crippen LogP contribution in [0.3, 0.4) is 0 Å². The van der Waals surface area contributed by atoms with E-state index in [-0.39, 0.29) is 5.92 Å². The molecule has 148 valence electrons. The van der Waals surface area contributed by atoms with E-state index in [4.69, 9.17) is 4.74 Å². The smallest absolute Gasteiger partial charge is 0.227 e. The van der Waals surface area contributed by atoms with Crippen LogP contribution in [0.15, 0.2) is 54.6 Å². The molecule has 0 N–H and O–H groups in total. The Bertz CT molecular complexity index is 787. The Labute approximate surface area is 167 Å². The quantitative estimate of drug-likeness (QED) is 0.800. The zero-order chi connectivity index (χ0) is 19.3. The van der Waals surface area contributed by atoms with E-state index < -0.39 is 0 Å². The van der Waals surface area contributed by atoms with Crippen molar-refractivity contribution in [3.8, 4) is 5.75 Å². The molecule has 1 atom stereocenters. The average Bonchev–Trinajstić information content (AvgIpc) is 3.22. The van der Waals surface area contributed by atoms with Crippen LogP contribution in [-0.4, -0.2) is 62.1 Å². The Kier molecular flexibility index (Phi) is 5.81. The molecule has 28 heavy (non-hydrogen) atoms. The number of carbonyl (C=O) groups excluding carboxylic acids is 1. The van der Waals surface area contributed by atoms with Crippen molar-refractivity contribution in [2.75, 3.05) is 51.3 Å². The average molecular weight is 380 g/mol. The predicted molar refractivity (Wildman–Crippen MR) is 112 cm³/mol. The fourth-order valence-electron chi connectivity index (χ4n) is 4.34. The maximum Gasteiger partial charge on any atom is 0.227 e. The van der Waals surface area contributed by atoms with Crippen molar-refractivity contribution in [3.63, 3.8) is 0 Å². The minimum Gasteiger partial charge on any atom is -0.495 e. The molecule has 2 aliphatic rings. The van der Waals surface area contributed by atoms with Gasteiger partial charge in [-0.1, -0.05) is 42.5 Å². The first-order chi connectivity index (χ1) is 13.7. The van der Waals surface area contributed by atoms with Crippen LogP contribution < -0.4 is 9.64 Å². The molecule has 2 aromatic rings. The molecule has 0 spiro atoms. The van der Waals surface area contributed by atoms with Crippen LogP contribution in [0.5, 0.6) is 5.75 Å². The highest BCUT2D eigenvalue weighted by molar-refractivity contribution is 5.79. The molecule has 5 nitrogen and oxygen atoms in total. The fourth-order valence-corrected chi connectivity index (χ4v) is 4.34. The van der Waals surface area contributed by atoms with Crippen LogP contribution >= 0.6 is 0 Å². The number of rotatable bonds is 5. The molecule has 1 unspecified atom stereocenters. The maximum absolute atomic E-state index is 13.0. The minimum atomic E-state index is 0.140. The summed E-state index contributed by atoms with van der Waals surface area (Å²) in [5.74, 6) is 1.37. The van der Waals surface area contributed by atoms with Crippen molar-refractivity contribution in [2.24, 2.45) is 5.92 Å². The van der Waals surface area contributed by atoms with E-state index in [0.717, 1.165) is 63.7 Å². The van der Waals surface area contributed by atoms with Crippen molar-refractivity contribution < 1.29 is 9.53 Å². The lowest BCUT2D eigenvalue weighted by Gasteiger charge is -2.37. The summed E-state index contributed by atoms with van der Waals surface area (Å²) in [7, 11) is 1.71. The number of benzene rings is 2. The summed E-state index contributed by atoms with van der Waals surface area (Å²) in [5.41, 5.74) is 2.44. The number of ether oxygens (including phenoxy) is 1. The van der Waals surface area contributed by atoms with Gasteiger partial charge in [0.15, 0.2) is 0 Å². The van der Waals surface area contributed by atoms with Gasteiger partial charge in [0.1, 0.15) is 5.75 Å². The summed E-state index contributed by atoms with van der Waals surface area (Å²) in [6, 6.07) is 18.6. The van der Waals surface area contributed by atoms with Crippen LogP contribution in [0.4, 0.5) is 5.69 Å². The zero-order valence-electron chi connectivity index (χ0n) is 16.6. The van der Waals surface area contributed by atoms with E-state index in [1.807, 2.05) is 24.3 Å². The van der Waals surface area contributed by atoms with Crippen molar-refractivity contribution in [1.82, 2.24) is 9.80 Å². The van der Waals surface area contributed by atoms with Crippen molar-refractivity contribution in [2.45, 2.75) is 13.0 Å². The van der Waals surface area contributed by atoms with E-state index in [1.165, 1.54) is 5.56 Å². The van der Waals surface area contributed by atoms with Gasteiger partial charge in [-0.05, 0) is 30.7 Å². The number of anilines is 1. The van der Waals surface area contributed by atoms with Crippen LogP contribution in [0.2, 0.25) is 0 Å². The van der Waals surface area contributed by atoms with Gasteiger partial charge >= 0.3 is 0 Å². The monoisotopic (exact) mass is 379 g/mol. The number of hydrogen-bond donors (Lipinski definition) is 0. The molecule has 2 saturated heterocycles. The van der Waals surface area contributed by atoms with Gasteiger partial charge in [0, 0.05) is 39.3 Å². The molecule has 0 aliphatic carbocycles. The van der Waals surface area contributed by atoms with Crippen molar-refractivity contribution in [1.29, 1.82) is 0 Å². The Morgan fingerprint density at radius 2 is 1.68 bits per heavy atom. The SMILES string of the molecule is COc1ccccc1N1CCN(C(=O)C2CCN(Cc3ccccc3)C2)CC1. The summed E-state index contributed by atoms with van der Waals surface area (Å²) >= 11 is 0. The van der Waals surface area contributed by atoms with Gasteiger partial charge in [-0.15, -0.1) is 0 Å². The topological polar surface area (TPSA) is 36.0 Å². The lowest BCUT2D eigenvalue weighted by molar-refractivity contribution is -0.135. The van der Waals surface area contributed by atoms with Gasteiger partial charge in [0.25, 0.3) is 0 Å². The number of hydrogen-bond acceptors (Lipinski definition) is 4. The summed E-state index contributed by atoms with van der Waals surface area (Å²) in [6.45, 7) is 6.09. The largest absolute Gasteiger partial charge is 0.495 e. The van der Waals surface area contributed by atoms with E-state index >= 15 is 0 Å². The first-order valence-electron chi connectivity index (χ1n) is 10.2. The Hall–Kier alpha value is -2.53. The molecule has 0 saturated carbocycles. The molecule has 2 fully saturated rings. The molecule has 2 aliphatic heterocycles. The molecular formula is C23H29N3O2. The zero-order valence-corrected chi connectivity index (χ0v) is 16.6. The second-order valence-corrected chi connectivity index (χ2v) is 7.69. The molecule has 5 heteroatoms. The van der Waals surface area contributed by atoms with E-state index in [0.29, 0.717) is 5.91 Å². The van der Waals surface area contributed by atoms with E-state index in [9.17, 15) is 4.79 Å². The number of nitrogens with zero attached hydrogens (tertiary/aromatic N) is 3. The van der Waals surface area contributed by atoms with E-state index in [1.54, 1.807) is 7.11 Å². The highest BCUT2D eigenvalue weighted by atomic mass is 16.5. The molecule has 0 radical (unpaired) electrons. The van der Waals surface area contributed by atoms with Gasteiger partial charge in [0.2, 0.25) is 5.91 Å². The lowest BCUT2D eigenvalue weighted by atomic mass is 10.1. The molecular weight excluding hydrogens is 350 g/mol. The summed E-state index contributed by atoms with van der Waals surface area (Å²) in [5, 5.41) is 0. The van der Waals surface area contributed by atoms with Crippen molar-refractivity contribution in [3.05, 3.63) is 60.2 Å².